The standard InChI is InChI=1S/C51H34NOP/c53-54(48-29-12-17-35-15-4-6-21-40(35)48,49-30-13-18-36-16-5-7-22-41(36)49)39-33-31-38(32-34-39)51(37-19-2-1-3-20-37)44-25-9-11-28-47(44)52-46-27-10-8-23-42(46)43-24-14-26-45(51)50(43)52/h1-34H. The van der Waals surface area contributed by atoms with Gasteiger partial charge in [0.1, 0.15) is 0 Å². The molecular weight excluding hydrogens is 674 g/mol. The van der Waals surface area contributed by atoms with E-state index in [0.717, 1.165) is 43.0 Å². The van der Waals surface area contributed by atoms with Gasteiger partial charge in [-0.05, 0) is 55.9 Å². The number of fused-ring (bicyclic) bond motifs is 7. The van der Waals surface area contributed by atoms with Crippen molar-refractivity contribution in [1.82, 2.24) is 4.57 Å². The summed E-state index contributed by atoms with van der Waals surface area (Å²) in [5.74, 6) is 0. The van der Waals surface area contributed by atoms with Crippen molar-refractivity contribution >= 4 is 66.4 Å². The molecule has 1 aromatic heterocycles. The van der Waals surface area contributed by atoms with Gasteiger partial charge in [0.25, 0.3) is 0 Å². The molecule has 3 heteroatoms. The van der Waals surface area contributed by atoms with Gasteiger partial charge >= 0.3 is 0 Å². The fourth-order valence-corrected chi connectivity index (χ4v) is 12.5. The van der Waals surface area contributed by atoms with Crippen LogP contribution in [0.2, 0.25) is 0 Å². The molecule has 0 radical (unpaired) electrons. The Kier molecular flexibility index (Phi) is 6.78. The Bertz CT molecular complexity index is 3050. The van der Waals surface area contributed by atoms with Gasteiger partial charge in [-0.25, -0.2) is 0 Å². The zero-order valence-corrected chi connectivity index (χ0v) is 30.3. The molecule has 1 aliphatic rings. The molecular formula is C51H34NOP. The Morgan fingerprint density at radius 2 is 0.889 bits per heavy atom. The van der Waals surface area contributed by atoms with E-state index in [0.29, 0.717) is 0 Å². The Morgan fingerprint density at radius 1 is 0.389 bits per heavy atom. The molecule has 0 fully saturated rings. The molecule has 1 atom stereocenters. The third kappa shape index (κ3) is 4.15. The zero-order chi connectivity index (χ0) is 35.9. The van der Waals surface area contributed by atoms with E-state index in [9.17, 15) is 0 Å². The molecule has 1 unspecified atom stereocenters. The van der Waals surface area contributed by atoms with Crippen LogP contribution in [0.4, 0.5) is 0 Å². The average Bonchev–Trinajstić information content (AvgIpc) is 3.59. The van der Waals surface area contributed by atoms with Gasteiger partial charge in [-0.2, -0.15) is 0 Å². The summed E-state index contributed by atoms with van der Waals surface area (Å²) in [6.45, 7) is 0. The smallest absolute Gasteiger partial charge is 0.172 e. The minimum atomic E-state index is -3.41. The lowest BCUT2D eigenvalue weighted by Crippen LogP contribution is -2.35. The van der Waals surface area contributed by atoms with Crippen LogP contribution >= 0.6 is 7.14 Å². The van der Waals surface area contributed by atoms with E-state index >= 15 is 4.57 Å². The summed E-state index contributed by atoms with van der Waals surface area (Å²) >= 11 is 0. The van der Waals surface area contributed by atoms with Crippen molar-refractivity contribution in [2.75, 3.05) is 0 Å². The lowest BCUT2D eigenvalue weighted by Gasteiger charge is -2.41. The van der Waals surface area contributed by atoms with Gasteiger partial charge in [0, 0.05) is 26.7 Å². The topological polar surface area (TPSA) is 22.0 Å². The minimum absolute atomic E-state index is 0.636. The van der Waals surface area contributed by atoms with E-state index in [2.05, 4.69) is 187 Å². The van der Waals surface area contributed by atoms with Crippen molar-refractivity contribution in [2.45, 2.75) is 5.41 Å². The van der Waals surface area contributed by atoms with Crippen LogP contribution in [0.1, 0.15) is 22.3 Å². The van der Waals surface area contributed by atoms with Crippen molar-refractivity contribution in [3.8, 4) is 5.69 Å². The van der Waals surface area contributed by atoms with Gasteiger partial charge < -0.3 is 9.13 Å². The molecule has 0 amide bonds. The third-order valence-corrected chi connectivity index (χ3v) is 14.9. The van der Waals surface area contributed by atoms with Gasteiger partial charge in [-0.1, -0.05) is 194 Å². The molecule has 54 heavy (non-hydrogen) atoms. The highest BCUT2D eigenvalue weighted by Gasteiger charge is 2.45. The Labute approximate surface area is 314 Å². The summed E-state index contributed by atoms with van der Waals surface area (Å²) in [5, 5.41) is 9.22. The van der Waals surface area contributed by atoms with E-state index < -0.39 is 12.6 Å². The number of hydrogen-bond acceptors (Lipinski definition) is 1. The van der Waals surface area contributed by atoms with Crippen LogP contribution in [0.3, 0.4) is 0 Å². The van der Waals surface area contributed by atoms with Gasteiger partial charge in [0.05, 0.1) is 22.1 Å². The predicted octanol–water partition coefficient (Wildman–Crippen LogP) is 11.4. The van der Waals surface area contributed by atoms with Crippen LogP contribution in [0.5, 0.6) is 0 Å². The highest BCUT2D eigenvalue weighted by atomic mass is 31.2. The summed E-state index contributed by atoms with van der Waals surface area (Å²) in [7, 11) is -3.41. The first kappa shape index (κ1) is 31.1. The van der Waals surface area contributed by atoms with Crippen molar-refractivity contribution in [3.05, 3.63) is 229 Å². The molecule has 0 bridgehead atoms. The summed E-state index contributed by atoms with van der Waals surface area (Å²) in [4.78, 5) is 0. The number of hydrogen-bond donors (Lipinski definition) is 0. The van der Waals surface area contributed by atoms with E-state index in [1.807, 2.05) is 24.3 Å². The van der Waals surface area contributed by atoms with Crippen molar-refractivity contribution in [3.63, 3.8) is 0 Å². The summed E-state index contributed by atoms with van der Waals surface area (Å²) < 4.78 is 19.0. The highest BCUT2D eigenvalue weighted by Crippen LogP contribution is 2.54. The lowest BCUT2D eigenvalue weighted by molar-refractivity contribution is 0.592. The normalized spacial score (nSPS) is 15.2. The van der Waals surface area contributed by atoms with E-state index in [4.69, 9.17) is 0 Å². The van der Waals surface area contributed by atoms with Crippen LogP contribution in [0.25, 0.3) is 49.0 Å². The lowest BCUT2D eigenvalue weighted by atomic mass is 9.63. The maximum atomic E-state index is 16.5. The van der Waals surface area contributed by atoms with Crippen LogP contribution in [0.15, 0.2) is 206 Å². The highest BCUT2D eigenvalue weighted by molar-refractivity contribution is 7.86. The van der Waals surface area contributed by atoms with E-state index in [1.54, 1.807) is 0 Å². The van der Waals surface area contributed by atoms with Crippen LogP contribution in [-0.4, -0.2) is 4.57 Å². The van der Waals surface area contributed by atoms with Crippen LogP contribution < -0.4 is 15.9 Å². The maximum Gasteiger partial charge on any atom is 0.172 e. The van der Waals surface area contributed by atoms with Gasteiger partial charge in [0.15, 0.2) is 7.14 Å². The molecule has 2 nitrogen and oxygen atoms in total. The molecule has 0 saturated heterocycles. The molecule has 0 spiro atoms. The second kappa shape index (κ2) is 11.8. The first-order chi connectivity index (χ1) is 26.7. The van der Waals surface area contributed by atoms with Crippen molar-refractivity contribution in [2.24, 2.45) is 0 Å². The fourth-order valence-electron chi connectivity index (χ4n) is 9.47. The first-order valence-corrected chi connectivity index (χ1v) is 20.3. The monoisotopic (exact) mass is 707 g/mol. The number of rotatable bonds is 5. The third-order valence-electron chi connectivity index (χ3n) is 11.7. The zero-order valence-electron chi connectivity index (χ0n) is 29.4. The summed E-state index contributed by atoms with van der Waals surface area (Å²) in [6, 6.07) is 73.2. The van der Waals surface area contributed by atoms with E-state index in [1.165, 1.54) is 44.2 Å². The molecule has 1 aliphatic heterocycles. The molecule has 254 valence electrons. The van der Waals surface area contributed by atoms with Crippen molar-refractivity contribution in [1.29, 1.82) is 0 Å². The SMILES string of the molecule is O=P(c1ccc(C2(c3ccccc3)c3ccccc3-n3c4ccccc4c4cccc2c43)cc1)(c1cccc2ccccc12)c1cccc2ccccc12. The summed E-state index contributed by atoms with van der Waals surface area (Å²) in [5.41, 5.74) is 7.75. The molecule has 10 aromatic rings. The average molecular weight is 708 g/mol. The molecule has 0 saturated carbocycles. The number of aromatic nitrogens is 1. The van der Waals surface area contributed by atoms with Gasteiger partial charge in [-0.15, -0.1) is 0 Å². The van der Waals surface area contributed by atoms with E-state index in [-0.39, 0.29) is 0 Å². The Balaban J connectivity index is 1.23. The second-order valence-electron chi connectivity index (χ2n) is 14.3. The van der Waals surface area contributed by atoms with Gasteiger partial charge in [-0.3, -0.25) is 0 Å². The quantitative estimate of drug-likeness (QED) is 0.163. The molecule has 9 aromatic carbocycles. The Hall–Kier alpha value is -6.47. The minimum Gasteiger partial charge on any atom is -0.309 e. The summed E-state index contributed by atoms with van der Waals surface area (Å²) in [6.07, 6.45) is 0. The molecule has 2 heterocycles. The first-order valence-electron chi connectivity index (χ1n) is 18.5. The number of nitrogens with zero attached hydrogens (tertiary/aromatic N) is 1. The van der Waals surface area contributed by atoms with Gasteiger partial charge in [0.2, 0.25) is 0 Å². The number of para-hydroxylation sites is 3. The molecule has 11 rings (SSSR count). The predicted molar refractivity (Wildman–Crippen MR) is 227 cm³/mol. The van der Waals surface area contributed by atoms with Crippen LogP contribution in [0, 0.1) is 0 Å². The fraction of sp³-hybridized carbons (Fsp3) is 0.0196. The second-order valence-corrected chi connectivity index (χ2v) is 17.0. The largest absolute Gasteiger partial charge is 0.309 e. The maximum absolute atomic E-state index is 16.5. The van der Waals surface area contributed by atoms with Crippen LogP contribution in [-0.2, 0) is 9.98 Å². The molecule has 0 aliphatic carbocycles. The Morgan fingerprint density at radius 3 is 1.59 bits per heavy atom. The molecule has 0 N–H and O–H groups in total. The number of benzene rings is 9. The van der Waals surface area contributed by atoms with Crippen molar-refractivity contribution < 1.29 is 4.57 Å².